The molecule has 0 spiro atoms. The summed E-state index contributed by atoms with van der Waals surface area (Å²) in [5, 5.41) is 12.3. The van der Waals surface area contributed by atoms with Crippen molar-refractivity contribution < 1.29 is 5.11 Å². The Hall–Kier alpha value is -0.120. The Morgan fingerprint density at radius 2 is 1.45 bits per heavy atom. The van der Waals surface area contributed by atoms with E-state index in [9.17, 15) is 0 Å². The van der Waals surface area contributed by atoms with Gasteiger partial charge in [-0.2, -0.15) is 0 Å². The normalized spacial score (nSPS) is 31.4. The van der Waals surface area contributed by atoms with Crippen LogP contribution in [0.1, 0.15) is 61.8 Å². The van der Waals surface area contributed by atoms with Crippen LogP contribution in [-0.2, 0) is 0 Å². The van der Waals surface area contributed by atoms with Gasteiger partial charge in [-0.3, -0.25) is 0 Å². The second kappa shape index (κ2) is 10.6. The fourth-order valence-electron chi connectivity index (χ4n) is 3.03. The highest BCUT2D eigenvalue weighted by Crippen LogP contribution is 2.48. The second-order valence-corrected chi connectivity index (χ2v) is 6.22. The quantitative estimate of drug-likeness (QED) is 0.836. The lowest BCUT2D eigenvalue weighted by atomic mass is 9.71. The number of fused-ring (bicyclic) bond motifs is 1. The Kier molecular flexibility index (Phi) is 11.7. The summed E-state index contributed by atoms with van der Waals surface area (Å²) in [5.74, 6) is 0. The zero-order valence-electron chi connectivity index (χ0n) is 14.1. The number of hydrogen-bond donors (Lipinski definition) is 2. The maximum Gasteiger partial charge on any atom is 0.0443 e. The zero-order chi connectivity index (χ0) is 14.9. The second-order valence-electron chi connectivity index (χ2n) is 6.22. The number of likely N-dealkylation sites (tertiary alicyclic amines) is 1. The zero-order valence-corrected chi connectivity index (χ0v) is 14.1. The summed E-state index contributed by atoms with van der Waals surface area (Å²) >= 11 is 0. The minimum absolute atomic E-state index is 0. The first-order valence-electron chi connectivity index (χ1n) is 8.05. The monoisotopic (exact) mass is 288 g/mol. The molecule has 0 aromatic heterocycles. The van der Waals surface area contributed by atoms with Crippen LogP contribution < -0.4 is 5.32 Å². The van der Waals surface area contributed by atoms with E-state index in [2.05, 4.69) is 37.9 Å². The molecule has 2 atom stereocenters. The molecule has 2 rings (SSSR count). The summed E-state index contributed by atoms with van der Waals surface area (Å²) in [4.78, 5) is 2.51. The predicted octanol–water partition coefficient (Wildman–Crippen LogP) is 3.38. The van der Waals surface area contributed by atoms with Crippen LogP contribution in [0, 0.1) is 10.8 Å². The molecule has 0 saturated carbocycles. The van der Waals surface area contributed by atoms with E-state index in [1.807, 2.05) is 13.8 Å². The van der Waals surface area contributed by atoms with Crippen molar-refractivity contribution in [3.8, 4) is 0 Å². The Labute approximate surface area is 128 Å². The highest BCUT2D eigenvalue weighted by Gasteiger charge is 2.54. The van der Waals surface area contributed by atoms with Gasteiger partial charge in [-0.05, 0) is 6.42 Å². The molecule has 3 nitrogen and oxygen atoms in total. The van der Waals surface area contributed by atoms with Crippen LogP contribution in [0.25, 0.3) is 0 Å². The van der Waals surface area contributed by atoms with E-state index in [0.29, 0.717) is 17.4 Å². The summed E-state index contributed by atoms with van der Waals surface area (Å²) in [6, 6.07) is 0. The van der Waals surface area contributed by atoms with Crippen molar-refractivity contribution in [1.82, 2.24) is 10.2 Å². The molecular formula is C17H40N2O. The van der Waals surface area contributed by atoms with Gasteiger partial charge in [-0.25, -0.2) is 0 Å². The lowest BCUT2D eigenvalue weighted by Gasteiger charge is -2.31. The van der Waals surface area contributed by atoms with Gasteiger partial charge in [-0.1, -0.05) is 55.4 Å². The molecular weight excluding hydrogens is 248 g/mol. The van der Waals surface area contributed by atoms with E-state index in [1.165, 1.54) is 19.5 Å². The summed E-state index contributed by atoms with van der Waals surface area (Å²) in [6.45, 7) is 19.1. The van der Waals surface area contributed by atoms with Gasteiger partial charge in [0.2, 0.25) is 0 Å². The Bertz CT molecular complexity index is 217. The van der Waals surface area contributed by atoms with Gasteiger partial charge in [-0.15, -0.1) is 0 Å². The fraction of sp³-hybridized carbons (Fsp3) is 1.00. The molecule has 0 unspecified atom stereocenters. The molecule has 2 heterocycles. The van der Waals surface area contributed by atoms with Gasteiger partial charge in [0.15, 0.2) is 0 Å². The van der Waals surface area contributed by atoms with E-state index in [0.717, 1.165) is 26.1 Å². The van der Waals surface area contributed by atoms with Crippen molar-refractivity contribution in [2.24, 2.45) is 10.8 Å². The molecule has 2 aliphatic rings. The molecule has 3 heteroatoms. The molecule has 2 fully saturated rings. The van der Waals surface area contributed by atoms with Gasteiger partial charge in [0.25, 0.3) is 0 Å². The minimum atomic E-state index is 0. The molecule has 0 amide bonds. The minimum Gasteiger partial charge on any atom is -0.396 e. The molecule has 0 bridgehead atoms. The summed E-state index contributed by atoms with van der Waals surface area (Å²) in [6.07, 6.45) is 2.17. The third-order valence-electron chi connectivity index (χ3n) is 4.27. The van der Waals surface area contributed by atoms with Crippen molar-refractivity contribution >= 4 is 0 Å². The molecule has 2 aliphatic heterocycles. The number of aliphatic hydroxyl groups excluding tert-OH is 1. The number of hydrogen-bond acceptors (Lipinski definition) is 3. The molecule has 20 heavy (non-hydrogen) atoms. The first kappa shape index (κ1) is 22.2. The first-order valence-corrected chi connectivity index (χ1v) is 8.05. The molecule has 0 aromatic rings. The maximum absolute atomic E-state index is 8.82. The predicted molar refractivity (Wildman–Crippen MR) is 91.3 cm³/mol. The van der Waals surface area contributed by atoms with Crippen molar-refractivity contribution in [2.45, 2.75) is 61.8 Å². The number of rotatable bonds is 3. The Morgan fingerprint density at radius 1 is 1.05 bits per heavy atom. The highest BCUT2D eigenvalue weighted by atomic mass is 16.3. The highest BCUT2D eigenvalue weighted by molar-refractivity contribution is 5.08. The van der Waals surface area contributed by atoms with Crippen molar-refractivity contribution in [3.63, 3.8) is 0 Å². The van der Waals surface area contributed by atoms with Crippen LogP contribution in [0.5, 0.6) is 0 Å². The number of nitrogens with zero attached hydrogens (tertiary/aromatic N) is 1. The SMILES string of the molecule is C.CC.CCC.C[C@@]12CNC[C@]1(C)CN(CCCO)C2. The first-order chi connectivity index (χ1) is 9.01. The van der Waals surface area contributed by atoms with Gasteiger partial charge < -0.3 is 15.3 Å². The fourth-order valence-corrected chi connectivity index (χ4v) is 3.03. The average molecular weight is 289 g/mol. The molecule has 2 saturated heterocycles. The number of nitrogens with one attached hydrogen (secondary N) is 1. The third-order valence-corrected chi connectivity index (χ3v) is 4.27. The topological polar surface area (TPSA) is 35.5 Å². The maximum atomic E-state index is 8.82. The standard InChI is InChI=1S/C11H22N2O.C3H8.C2H6.CH4/c1-10-6-12-7-11(10,2)9-13(8-10)4-3-5-14;1-3-2;1-2;/h12,14H,3-9H2,1-2H3;3H2,1-2H3;1-2H3;1H4/t10-,11+;;;. The average Bonchev–Trinajstić information content (AvgIpc) is 2.78. The lowest BCUT2D eigenvalue weighted by molar-refractivity contribution is 0.212. The molecule has 0 radical (unpaired) electrons. The van der Waals surface area contributed by atoms with Crippen molar-refractivity contribution in [1.29, 1.82) is 0 Å². The largest absolute Gasteiger partial charge is 0.396 e. The summed E-state index contributed by atoms with van der Waals surface area (Å²) in [7, 11) is 0. The van der Waals surface area contributed by atoms with E-state index >= 15 is 0 Å². The molecule has 0 aromatic carbocycles. The van der Waals surface area contributed by atoms with Crippen LogP contribution in [0.2, 0.25) is 0 Å². The van der Waals surface area contributed by atoms with Gasteiger partial charge >= 0.3 is 0 Å². The van der Waals surface area contributed by atoms with Gasteiger partial charge in [0, 0.05) is 50.2 Å². The molecule has 124 valence electrons. The lowest BCUT2D eigenvalue weighted by Crippen LogP contribution is -2.34. The Morgan fingerprint density at radius 3 is 1.80 bits per heavy atom. The van der Waals surface area contributed by atoms with E-state index < -0.39 is 0 Å². The van der Waals surface area contributed by atoms with Gasteiger partial charge in [0.05, 0.1) is 0 Å². The number of aliphatic hydroxyl groups is 1. The smallest absolute Gasteiger partial charge is 0.0443 e. The van der Waals surface area contributed by atoms with Crippen LogP contribution >= 0.6 is 0 Å². The van der Waals surface area contributed by atoms with Crippen molar-refractivity contribution in [2.75, 3.05) is 39.3 Å². The van der Waals surface area contributed by atoms with Crippen LogP contribution in [-0.4, -0.2) is 49.3 Å². The molecule has 0 aliphatic carbocycles. The van der Waals surface area contributed by atoms with Crippen LogP contribution in [0.3, 0.4) is 0 Å². The van der Waals surface area contributed by atoms with Crippen molar-refractivity contribution in [3.05, 3.63) is 0 Å². The Balaban J connectivity index is 0. The summed E-state index contributed by atoms with van der Waals surface area (Å²) in [5.41, 5.74) is 0.894. The van der Waals surface area contributed by atoms with E-state index in [1.54, 1.807) is 0 Å². The third kappa shape index (κ3) is 5.34. The van der Waals surface area contributed by atoms with Crippen LogP contribution in [0.15, 0.2) is 0 Å². The summed E-state index contributed by atoms with van der Waals surface area (Å²) < 4.78 is 0. The molecule has 2 N–H and O–H groups in total. The van der Waals surface area contributed by atoms with Crippen LogP contribution in [0.4, 0.5) is 0 Å². The van der Waals surface area contributed by atoms with E-state index in [4.69, 9.17) is 5.11 Å². The van der Waals surface area contributed by atoms with Gasteiger partial charge in [0.1, 0.15) is 0 Å². The van der Waals surface area contributed by atoms with E-state index in [-0.39, 0.29) is 7.43 Å².